The molecule has 17 heavy (non-hydrogen) atoms. The van der Waals surface area contributed by atoms with Gasteiger partial charge in [-0.25, -0.2) is 4.39 Å². The highest BCUT2D eigenvalue weighted by atomic mass is 19.1. The molecule has 1 rings (SSSR count). The van der Waals surface area contributed by atoms with Gasteiger partial charge in [0, 0.05) is 19.8 Å². The molecule has 1 atom stereocenters. The summed E-state index contributed by atoms with van der Waals surface area (Å²) in [6.07, 6.45) is -0.514. The molecule has 0 spiro atoms. The normalized spacial score (nSPS) is 12.5. The summed E-state index contributed by atoms with van der Waals surface area (Å²) in [5, 5.41) is 2.71. The average Bonchev–Trinajstić information content (AvgIpc) is 2.31. The van der Waals surface area contributed by atoms with E-state index in [0.717, 1.165) is 0 Å². The summed E-state index contributed by atoms with van der Waals surface area (Å²) in [6.45, 7) is 1.76. The van der Waals surface area contributed by atoms with E-state index in [0.29, 0.717) is 5.56 Å². The molecule has 0 saturated heterocycles. The minimum atomic E-state index is -0.514. The molecule has 4 nitrogen and oxygen atoms in total. The van der Waals surface area contributed by atoms with Crippen molar-refractivity contribution in [3.05, 3.63) is 35.6 Å². The van der Waals surface area contributed by atoms with E-state index >= 15 is 0 Å². The zero-order chi connectivity index (χ0) is 12.8. The molecule has 0 fully saturated rings. The van der Waals surface area contributed by atoms with Crippen LogP contribution >= 0.6 is 0 Å². The Morgan fingerprint density at radius 1 is 1.24 bits per heavy atom. The Balaban J connectivity index is 2.62. The lowest BCUT2D eigenvalue weighted by molar-refractivity contribution is -0.117. The van der Waals surface area contributed by atoms with Gasteiger partial charge in [0.05, 0.1) is 6.04 Å². The molecule has 0 saturated carbocycles. The number of nitrogens with one attached hydrogen (secondary N) is 1. The lowest BCUT2D eigenvalue weighted by Gasteiger charge is -2.22. The monoisotopic (exact) mass is 241 g/mol. The van der Waals surface area contributed by atoms with Gasteiger partial charge < -0.3 is 14.8 Å². The zero-order valence-electron chi connectivity index (χ0n) is 10.1. The number of ether oxygens (including phenoxy) is 2. The third-order valence-corrected chi connectivity index (χ3v) is 2.34. The van der Waals surface area contributed by atoms with Crippen molar-refractivity contribution in [1.29, 1.82) is 0 Å². The summed E-state index contributed by atoms with van der Waals surface area (Å²) < 4.78 is 22.7. The minimum Gasteiger partial charge on any atom is -0.354 e. The Hall–Kier alpha value is -1.46. The number of halogens is 1. The van der Waals surface area contributed by atoms with Crippen LogP contribution in [0.3, 0.4) is 0 Å². The van der Waals surface area contributed by atoms with E-state index in [1.54, 1.807) is 6.92 Å². The quantitative estimate of drug-likeness (QED) is 0.796. The summed E-state index contributed by atoms with van der Waals surface area (Å²) in [5.74, 6) is -0.669. The van der Waals surface area contributed by atoms with Crippen molar-refractivity contribution < 1.29 is 18.7 Å². The number of rotatable bonds is 5. The van der Waals surface area contributed by atoms with Gasteiger partial charge in [-0.2, -0.15) is 0 Å². The van der Waals surface area contributed by atoms with Crippen LogP contribution in [0, 0.1) is 5.82 Å². The number of carbonyl (C=O) groups excluding carboxylic acids is 1. The van der Waals surface area contributed by atoms with Gasteiger partial charge >= 0.3 is 0 Å². The predicted octanol–water partition coefficient (Wildman–Crippen LogP) is 1.56. The van der Waals surface area contributed by atoms with Gasteiger partial charge in [-0.3, -0.25) is 4.79 Å². The third-order valence-electron chi connectivity index (χ3n) is 2.34. The number of benzene rings is 1. The van der Waals surface area contributed by atoms with Crippen LogP contribution in [0.4, 0.5) is 4.39 Å². The Morgan fingerprint density at radius 2 is 1.76 bits per heavy atom. The second-order valence-electron chi connectivity index (χ2n) is 3.61. The van der Waals surface area contributed by atoms with Crippen molar-refractivity contribution in [1.82, 2.24) is 5.32 Å². The molecular formula is C12H16FNO3. The van der Waals surface area contributed by atoms with Crippen LogP contribution in [-0.2, 0) is 9.47 Å². The van der Waals surface area contributed by atoms with Crippen molar-refractivity contribution >= 4 is 5.91 Å². The fourth-order valence-electron chi connectivity index (χ4n) is 1.46. The Bertz CT molecular complexity index is 363. The van der Waals surface area contributed by atoms with Gasteiger partial charge in [-0.1, -0.05) is 0 Å². The lowest BCUT2D eigenvalue weighted by atomic mass is 10.2. The molecule has 1 aromatic carbocycles. The number of methoxy groups -OCH3 is 2. The maximum absolute atomic E-state index is 12.7. The molecule has 0 radical (unpaired) electrons. The SMILES string of the molecule is COC(OC)C(C)NC(=O)c1ccc(F)cc1. The van der Waals surface area contributed by atoms with E-state index in [1.165, 1.54) is 38.5 Å². The fourth-order valence-corrected chi connectivity index (χ4v) is 1.46. The predicted molar refractivity (Wildman–Crippen MR) is 61.1 cm³/mol. The van der Waals surface area contributed by atoms with Crippen LogP contribution < -0.4 is 5.32 Å². The molecular weight excluding hydrogens is 225 g/mol. The molecule has 0 aliphatic carbocycles. The topological polar surface area (TPSA) is 47.6 Å². The van der Waals surface area contributed by atoms with Gasteiger partial charge in [0.15, 0.2) is 6.29 Å². The molecule has 0 bridgehead atoms. The van der Waals surface area contributed by atoms with Crippen LogP contribution in [0.15, 0.2) is 24.3 Å². The summed E-state index contributed by atoms with van der Waals surface area (Å²) in [7, 11) is 2.99. The third kappa shape index (κ3) is 3.80. The van der Waals surface area contributed by atoms with Gasteiger partial charge in [0.2, 0.25) is 0 Å². The van der Waals surface area contributed by atoms with Gasteiger partial charge in [-0.05, 0) is 31.2 Å². The molecule has 94 valence electrons. The first-order valence-electron chi connectivity index (χ1n) is 5.20. The van der Waals surface area contributed by atoms with Crippen molar-refractivity contribution in [2.75, 3.05) is 14.2 Å². The van der Waals surface area contributed by atoms with Crippen molar-refractivity contribution in [3.63, 3.8) is 0 Å². The molecule has 0 aliphatic rings. The number of carbonyl (C=O) groups is 1. The average molecular weight is 241 g/mol. The first kappa shape index (κ1) is 13.6. The van der Waals surface area contributed by atoms with Gasteiger partial charge in [-0.15, -0.1) is 0 Å². The van der Waals surface area contributed by atoms with Crippen LogP contribution in [0.2, 0.25) is 0 Å². The van der Waals surface area contributed by atoms with E-state index in [4.69, 9.17) is 9.47 Å². The van der Waals surface area contributed by atoms with E-state index in [-0.39, 0.29) is 17.8 Å². The van der Waals surface area contributed by atoms with Gasteiger partial charge in [0.1, 0.15) is 5.82 Å². The molecule has 0 aliphatic heterocycles. The summed E-state index contributed by atoms with van der Waals surface area (Å²) in [4.78, 5) is 11.8. The molecule has 0 heterocycles. The molecule has 1 amide bonds. The van der Waals surface area contributed by atoms with Crippen LogP contribution in [0.25, 0.3) is 0 Å². The van der Waals surface area contributed by atoms with Gasteiger partial charge in [0.25, 0.3) is 5.91 Å². The van der Waals surface area contributed by atoms with E-state index < -0.39 is 6.29 Å². The highest BCUT2D eigenvalue weighted by Gasteiger charge is 2.18. The molecule has 1 N–H and O–H groups in total. The summed E-state index contributed by atoms with van der Waals surface area (Å²) >= 11 is 0. The fraction of sp³-hybridized carbons (Fsp3) is 0.417. The Labute approximate surface area is 99.7 Å². The number of hydrogen-bond donors (Lipinski definition) is 1. The molecule has 0 aromatic heterocycles. The number of amides is 1. The molecule has 1 aromatic rings. The highest BCUT2D eigenvalue weighted by Crippen LogP contribution is 2.05. The lowest BCUT2D eigenvalue weighted by Crippen LogP contribution is -2.42. The first-order chi connectivity index (χ1) is 8.08. The molecule has 5 heteroatoms. The summed E-state index contributed by atoms with van der Waals surface area (Å²) in [6, 6.07) is 5.02. The maximum Gasteiger partial charge on any atom is 0.251 e. The van der Waals surface area contributed by atoms with Crippen molar-refractivity contribution in [3.8, 4) is 0 Å². The second-order valence-corrected chi connectivity index (χ2v) is 3.61. The number of hydrogen-bond acceptors (Lipinski definition) is 3. The Morgan fingerprint density at radius 3 is 2.24 bits per heavy atom. The van der Waals surface area contributed by atoms with E-state index in [1.807, 2.05) is 0 Å². The Kier molecular flexibility index (Phi) is 5.06. The minimum absolute atomic E-state index is 0.295. The largest absolute Gasteiger partial charge is 0.354 e. The van der Waals surface area contributed by atoms with Crippen LogP contribution in [0.5, 0.6) is 0 Å². The van der Waals surface area contributed by atoms with Crippen LogP contribution in [-0.4, -0.2) is 32.5 Å². The summed E-state index contributed by atoms with van der Waals surface area (Å²) in [5.41, 5.74) is 0.393. The maximum atomic E-state index is 12.7. The second kappa shape index (κ2) is 6.32. The van der Waals surface area contributed by atoms with Crippen molar-refractivity contribution in [2.24, 2.45) is 0 Å². The van der Waals surface area contributed by atoms with Crippen LogP contribution in [0.1, 0.15) is 17.3 Å². The molecule has 1 unspecified atom stereocenters. The zero-order valence-corrected chi connectivity index (χ0v) is 10.1. The highest BCUT2D eigenvalue weighted by molar-refractivity contribution is 5.94. The smallest absolute Gasteiger partial charge is 0.251 e. The van der Waals surface area contributed by atoms with E-state index in [2.05, 4.69) is 5.32 Å². The van der Waals surface area contributed by atoms with E-state index in [9.17, 15) is 9.18 Å². The van der Waals surface area contributed by atoms with Crippen molar-refractivity contribution in [2.45, 2.75) is 19.3 Å². The first-order valence-corrected chi connectivity index (χ1v) is 5.20. The standard InChI is InChI=1S/C12H16FNO3/c1-8(12(16-2)17-3)14-11(15)9-4-6-10(13)7-5-9/h4-8,12H,1-3H3,(H,14,15).